The lowest BCUT2D eigenvalue weighted by molar-refractivity contribution is 0.252. The quantitative estimate of drug-likeness (QED) is 0.884. The monoisotopic (exact) mass is 269 g/mol. The van der Waals surface area contributed by atoms with Crippen LogP contribution in [-0.4, -0.2) is 19.7 Å². The fraction of sp³-hybridized carbons (Fsp3) is 0.600. The zero-order valence-corrected chi connectivity index (χ0v) is 12.0. The molecule has 18 heavy (non-hydrogen) atoms. The van der Waals surface area contributed by atoms with Crippen molar-refractivity contribution in [3.8, 4) is 5.75 Å². The molecular formula is C15H24ClNO. The van der Waals surface area contributed by atoms with Gasteiger partial charge in [0.15, 0.2) is 0 Å². The second-order valence-corrected chi connectivity index (χ2v) is 4.83. The van der Waals surface area contributed by atoms with Crippen molar-refractivity contribution in [3.05, 3.63) is 29.8 Å². The molecule has 0 unspecified atom stereocenters. The number of hydrogen-bond acceptors (Lipinski definition) is 2. The maximum Gasteiger partial charge on any atom is 0.119 e. The average molecular weight is 270 g/mol. The van der Waals surface area contributed by atoms with Crippen molar-refractivity contribution < 1.29 is 4.74 Å². The number of nitrogens with one attached hydrogen (secondary N) is 1. The Bertz CT molecular complexity index is 320. The third-order valence-electron chi connectivity index (χ3n) is 3.59. The molecule has 0 saturated carbocycles. The molecule has 0 bridgehead atoms. The van der Waals surface area contributed by atoms with Gasteiger partial charge in [0, 0.05) is 0 Å². The van der Waals surface area contributed by atoms with Crippen LogP contribution in [0.1, 0.15) is 31.7 Å². The number of hydrogen-bond donors (Lipinski definition) is 1. The minimum Gasteiger partial charge on any atom is -0.494 e. The third-order valence-corrected chi connectivity index (χ3v) is 3.59. The predicted molar refractivity (Wildman–Crippen MR) is 78.8 cm³/mol. The van der Waals surface area contributed by atoms with Crippen LogP contribution in [0.5, 0.6) is 5.75 Å². The van der Waals surface area contributed by atoms with E-state index >= 15 is 0 Å². The SMILES string of the molecule is CCc1ccc(OCCC2CCNCC2)cc1.Cl. The minimum atomic E-state index is 0. The summed E-state index contributed by atoms with van der Waals surface area (Å²) in [5, 5.41) is 3.39. The summed E-state index contributed by atoms with van der Waals surface area (Å²) in [5.74, 6) is 1.86. The Hall–Kier alpha value is -0.730. The fourth-order valence-corrected chi connectivity index (χ4v) is 2.34. The highest BCUT2D eigenvalue weighted by atomic mass is 35.5. The summed E-state index contributed by atoms with van der Waals surface area (Å²) in [6.07, 6.45) is 4.89. The van der Waals surface area contributed by atoms with Gasteiger partial charge in [-0.05, 0) is 62.4 Å². The largest absolute Gasteiger partial charge is 0.494 e. The van der Waals surface area contributed by atoms with Crippen molar-refractivity contribution in [3.63, 3.8) is 0 Å². The van der Waals surface area contributed by atoms with Crippen molar-refractivity contribution in [1.82, 2.24) is 5.32 Å². The van der Waals surface area contributed by atoms with Gasteiger partial charge in [0.25, 0.3) is 0 Å². The summed E-state index contributed by atoms with van der Waals surface area (Å²) >= 11 is 0. The molecule has 102 valence electrons. The molecule has 0 radical (unpaired) electrons. The molecule has 0 aliphatic carbocycles. The van der Waals surface area contributed by atoms with E-state index in [1.54, 1.807) is 0 Å². The predicted octanol–water partition coefficient (Wildman–Crippen LogP) is 3.44. The number of aryl methyl sites for hydroxylation is 1. The third kappa shape index (κ3) is 4.87. The lowest BCUT2D eigenvalue weighted by Gasteiger charge is -2.22. The zero-order valence-electron chi connectivity index (χ0n) is 11.2. The standard InChI is InChI=1S/C15H23NO.ClH/c1-2-13-3-5-15(6-4-13)17-12-9-14-7-10-16-11-8-14;/h3-6,14,16H,2,7-12H2,1H3;1H. The van der Waals surface area contributed by atoms with Crippen LogP contribution < -0.4 is 10.1 Å². The Morgan fingerprint density at radius 3 is 2.44 bits per heavy atom. The van der Waals surface area contributed by atoms with Gasteiger partial charge in [0.05, 0.1) is 6.61 Å². The maximum atomic E-state index is 5.79. The Labute approximate surface area is 117 Å². The van der Waals surface area contributed by atoms with Gasteiger partial charge in [-0.1, -0.05) is 19.1 Å². The van der Waals surface area contributed by atoms with E-state index in [1.165, 1.54) is 37.9 Å². The van der Waals surface area contributed by atoms with Crippen LogP contribution in [0.4, 0.5) is 0 Å². The van der Waals surface area contributed by atoms with Gasteiger partial charge >= 0.3 is 0 Å². The molecule has 0 atom stereocenters. The van der Waals surface area contributed by atoms with Crippen molar-refractivity contribution >= 4 is 12.4 Å². The molecule has 0 amide bonds. The van der Waals surface area contributed by atoms with Crippen molar-refractivity contribution in [2.75, 3.05) is 19.7 Å². The molecule has 1 heterocycles. The Balaban J connectivity index is 0.00000162. The van der Waals surface area contributed by atoms with E-state index in [4.69, 9.17) is 4.74 Å². The van der Waals surface area contributed by atoms with E-state index in [0.717, 1.165) is 24.7 Å². The second kappa shape index (κ2) is 8.39. The van der Waals surface area contributed by atoms with E-state index in [1.807, 2.05) is 0 Å². The molecular weight excluding hydrogens is 246 g/mol. The van der Waals surface area contributed by atoms with E-state index in [2.05, 4.69) is 36.5 Å². The van der Waals surface area contributed by atoms with Gasteiger partial charge in [-0.15, -0.1) is 12.4 Å². The molecule has 0 aromatic heterocycles. The van der Waals surface area contributed by atoms with Gasteiger partial charge in [-0.3, -0.25) is 0 Å². The molecule has 1 fully saturated rings. The lowest BCUT2D eigenvalue weighted by atomic mass is 9.95. The fourth-order valence-electron chi connectivity index (χ4n) is 2.34. The normalized spacial score (nSPS) is 16.1. The van der Waals surface area contributed by atoms with Crippen LogP contribution in [0.3, 0.4) is 0 Å². The van der Waals surface area contributed by atoms with Gasteiger partial charge < -0.3 is 10.1 Å². The smallest absolute Gasteiger partial charge is 0.119 e. The first-order valence-corrected chi connectivity index (χ1v) is 6.81. The highest BCUT2D eigenvalue weighted by molar-refractivity contribution is 5.85. The van der Waals surface area contributed by atoms with Crippen LogP contribution in [0.25, 0.3) is 0 Å². The summed E-state index contributed by atoms with van der Waals surface area (Å²) in [7, 11) is 0. The van der Waals surface area contributed by atoms with Gasteiger partial charge in [0.1, 0.15) is 5.75 Å². The van der Waals surface area contributed by atoms with E-state index in [0.29, 0.717) is 0 Å². The first-order valence-electron chi connectivity index (χ1n) is 6.81. The van der Waals surface area contributed by atoms with Gasteiger partial charge in [-0.2, -0.15) is 0 Å². The number of rotatable bonds is 5. The molecule has 0 spiro atoms. The van der Waals surface area contributed by atoms with Crippen molar-refractivity contribution in [2.24, 2.45) is 5.92 Å². The number of benzene rings is 1. The first-order chi connectivity index (χ1) is 8.38. The average Bonchev–Trinajstić information content (AvgIpc) is 2.41. The molecule has 2 nitrogen and oxygen atoms in total. The second-order valence-electron chi connectivity index (χ2n) is 4.83. The molecule has 1 aliphatic heterocycles. The maximum absolute atomic E-state index is 5.79. The summed E-state index contributed by atoms with van der Waals surface area (Å²) < 4.78 is 5.79. The van der Waals surface area contributed by atoms with Crippen molar-refractivity contribution in [2.45, 2.75) is 32.6 Å². The Kier molecular flexibility index (Phi) is 7.14. The molecule has 1 aliphatic rings. The number of ether oxygens (including phenoxy) is 1. The molecule has 1 aromatic carbocycles. The van der Waals surface area contributed by atoms with Gasteiger partial charge in [0.2, 0.25) is 0 Å². The highest BCUT2D eigenvalue weighted by Crippen LogP contribution is 2.17. The van der Waals surface area contributed by atoms with Gasteiger partial charge in [-0.25, -0.2) is 0 Å². The molecule has 1 aromatic rings. The molecule has 2 rings (SSSR count). The lowest BCUT2D eigenvalue weighted by Crippen LogP contribution is -2.28. The number of piperidine rings is 1. The van der Waals surface area contributed by atoms with Crippen molar-refractivity contribution in [1.29, 1.82) is 0 Å². The summed E-state index contributed by atoms with van der Waals surface area (Å²) in [5.41, 5.74) is 1.37. The van der Waals surface area contributed by atoms with Crippen LogP contribution in [0, 0.1) is 5.92 Å². The van der Waals surface area contributed by atoms with E-state index in [-0.39, 0.29) is 12.4 Å². The van der Waals surface area contributed by atoms with E-state index < -0.39 is 0 Å². The zero-order chi connectivity index (χ0) is 11.9. The molecule has 3 heteroatoms. The van der Waals surface area contributed by atoms with Crippen LogP contribution in [0.2, 0.25) is 0 Å². The highest BCUT2D eigenvalue weighted by Gasteiger charge is 2.12. The van der Waals surface area contributed by atoms with Crippen LogP contribution in [-0.2, 0) is 6.42 Å². The Morgan fingerprint density at radius 1 is 1.17 bits per heavy atom. The first kappa shape index (κ1) is 15.3. The Morgan fingerprint density at radius 2 is 1.83 bits per heavy atom. The topological polar surface area (TPSA) is 21.3 Å². The molecule has 1 saturated heterocycles. The van der Waals surface area contributed by atoms with Crippen LogP contribution >= 0.6 is 12.4 Å². The summed E-state index contributed by atoms with van der Waals surface area (Å²) in [6, 6.07) is 8.47. The van der Waals surface area contributed by atoms with Crippen LogP contribution in [0.15, 0.2) is 24.3 Å². The number of halogens is 1. The summed E-state index contributed by atoms with van der Waals surface area (Å²) in [4.78, 5) is 0. The summed E-state index contributed by atoms with van der Waals surface area (Å²) in [6.45, 7) is 5.38. The molecule has 1 N–H and O–H groups in total. The minimum absolute atomic E-state index is 0. The van der Waals surface area contributed by atoms with E-state index in [9.17, 15) is 0 Å².